The molecule has 3 amide bonds. The van der Waals surface area contributed by atoms with Gasteiger partial charge in [0.1, 0.15) is 23.4 Å². The van der Waals surface area contributed by atoms with Gasteiger partial charge in [-0.25, -0.2) is 4.79 Å². The molecular weight excluding hydrogens is 426 g/mol. The molecule has 0 saturated heterocycles. The lowest BCUT2D eigenvalue weighted by molar-refractivity contribution is -0.143. The van der Waals surface area contributed by atoms with Gasteiger partial charge in [0.2, 0.25) is 11.8 Å². The highest BCUT2D eigenvalue weighted by Gasteiger charge is 2.35. The van der Waals surface area contributed by atoms with E-state index in [2.05, 4.69) is 17.6 Å². The van der Waals surface area contributed by atoms with Crippen molar-refractivity contribution in [3.63, 3.8) is 0 Å². The van der Waals surface area contributed by atoms with Crippen LogP contribution in [0.15, 0.2) is 24.3 Å². The minimum Gasteiger partial charge on any atom is -0.508 e. The second-order valence-corrected chi connectivity index (χ2v) is 8.91. The first-order valence-corrected chi connectivity index (χ1v) is 11.5. The predicted octanol–water partition coefficient (Wildman–Crippen LogP) is 2.86. The third kappa shape index (κ3) is 9.69. The van der Waals surface area contributed by atoms with Crippen molar-refractivity contribution in [1.82, 2.24) is 15.5 Å². The maximum atomic E-state index is 13.4. The van der Waals surface area contributed by atoms with Crippen molar-refractivity contribution in [1.29, 1.82) is 0 Å². The zero-order valence-electron chi connectivity index (χ0n) is 20.4. The Morgan fingerprint density at radius 3 is 2.21 bits per heavy atom. The van der Waals surface area contributed by atoms with Crippen LogP contribution in [0.1, 0.15) is 71.9 Å². The van der Waals surface area contributed by atoms with Gasteiger partial charge in [0.25, 0.3) is 0 Å². The van der Waals surface area contributed by atoms with Crippen molar-refractivity contribution >= 4 is 17.9 Å². The molecular formula is C24H39N3O6. The second-order valence-electron chi connectivity index (χ2n) is 8.91. The van der Waals surface area contributed by atoms with Crippen molar-refractivity contribution in [2.75, 3.05) is 19.7 Å². The summed E-state index contributed by atoms with van der Waals surface area (Å²) >= 11 is 0. The van der Waals surface area contributed by atoms with Gasteiger partial charge in [-0.1, -0.05) is 38.8 Å². The molecule has 9 nitrogen and oxygen atoms in total. The van der Waals surface area contributed by atoms with E-state index < -0.39 is 36.3 Å². The summed E-state index contributed by atoms with van der Waals surface area (Å²) in [5.41, 5.74) is -0.264. The Morgan fingerprint density at radius 2 is 1.70 bits per heavy atom. The maximum absolute atomic E-state index is 13.4. The first kappa shape index (κ1) is 28.2. The summed E-state index contributed by atoms with van der Waals surface area (Å²) in [6.45, 7) is 9.03. The fourth-order valence-electron chi connectivity index (χ4n) is 3.26. The molecule has 186 valence electrons. The van der Waals surface area contributed by atoms with Gasteiger partial charge in [0.15, 0.2) is 0 Å². The summed E-state index contributed by atoms with van der Waals surface area (Å²) in [6, 6.07) is 3.79. The SMILES string of the molecule is CCCCCNC(=O)C(c1ccc(O)cc1)N(CCC)C(=O)C(CO)NC(=O)OC(C)(C)C. The largest absolute Gasteiger partial charge is 0.508 e. The number of phenolic OH excluding ortho intramolecular Hbond substituents is 1. The van der Waals surface area contributed by atoms with Crippen LogP contribution in [0.3, 0.4) is 0 Å². The highest BCUT2D eigenvalue weighted by Crippen LogP contribution is 2.25. The van der Waals surface area contributed by atoms with E-state index in [0.717, 1.165) is 19.3 Å². The number of ether oxygens (including phenoxy) is 1. The molecule has 2 unspecified atom stereocenters. The Morgan fingerprint density at radius 1 is 1.06 bits per heavy atom. The molecule has 2 atom stereocenters. The normalized spacial score (nSPS) is 13.0. The predicted molar refractivity (Wildman–Crippen MR) is 126 cm³/mol. The van der Waals surface area contributed by atoms with Gasteiger partial charge in [-0.2, -0.15) is 0 Å². The minimum atomic E-state index is -1.28. The topological polar surface area (TPSA) is 128 Å². The first-order valence-electron chi connectivity index (χ1n) is 11.5. The molecule has 0 bridgehead atoms. The lowest BCUT2D eigenvalue weighted by Gasteiger charge is -2.34. The number of aromatic hydroxyl groups is 1. The minimum absolute atomic E-state index is 0.0362. The Bertz CT molecular complexity index is 760. The van der Waals surface area contributed by atoms with Crippen molar-refractivity contribution < 1.29 is 29.3 Å². The molecule has 0 radical (unpaired) electrons. The van der Waals surface area contributed by atoms with E-state index in [1.54, 1.807) is 32.9 Å². The van der Waals surface area contributed by atoms with Gasteiger partial charge in [0.05, 0.1) is 6.61 Å². The Hall–Kier alpha value is -2.81. The number of amides is 3. The number of nitrogens with one attached hydrogen (secondary N) is 2. The fraction of sp³-hybridized carbons (Fsp3) is 0.625. The number of alkyl carbamates (subject to hydrolysis) is 1. The molecule has 0 fully saturated rings. The van der Waals surface area contributed by atoms with Crippen molar-refractivity contribution in [3.05, 3.63) is 29.8 Å². The van der Waals surface area contributed by atoms with Crippen LogP contribution in [0.4, 0.5) is 4.79 Å². The van der Waals surface area contributed by atoms with E-state index in [1.165, 1.54) is 17.0 Å². The lowest BCUT2D eigenvalue weighted by atomic mass is 10.0. The number of carbonyl (C=O) groups excluding carboxylic acids is 3. The summed E-state index contributed by atoms with van der Waals surface area (Å²) in [5, 5.41) is 24.8. The van der Waals surface area contributed by atoms with Crippen LogP contribution >= 0.6 is 0 Å². The van der Waals surface area contributed by atoms with Crippen LogP contribution < -0.4 is 10.6 Å². The summed E-state index contributed by atoms with van der Waals surface area (Å²) in [4.78, 5) is 40.1. The molecule has 4 N–H and O–H groups in total. The number of nitrogens with zero attached hydrogens (tertiary/aromatic N) is 1. The first-order chi connectivity index (χ1) is 15.5. The molecule has 1 aromatic rings. The van der Waals surface area contributed by atoms with Gasteiger partial charge in [-0.3, -0.25) is 9.59 Å². The standard InChI is InChI=1S/C24H39N3O6/c1-6-8-9-14-25-21(30)20(17-10-12-18(29)13-11-17)27(15-7-2)22(31)19(16-28)26-23(32)33-24(3,4)5/h10-13,19-20,28-29H,6-9,14-16H2,1-5H3,(H,25,30)(H,26,32). The van der Waals surface area contributed by atoms with Crippen LogP contribution in [0, 0.1) is 0 Å². The van der Waals surface area contributed by atoms with Gasteiger partial charge >= 0.3 is 6.09 Å². The zero-order chi connectivity index (χ0) is 25.0. The molecule has 33 heavy (non-hydrogen) atoms. The third-order valence-corrected chi connectivity index (χ3v) is 4.77. The number of benzene rings is 1. The molecule has 0 aromatic heterocycles. The van der Waals surface area contributed by atoms with Gasteiger partial charge in [0, 0.05) is 13.1 Å². The second kappa shape index (κ2) is 13.7. The maximum Gasteiger partial charge on any atom is 0.408 e. The van der Waals surface area contributed by atoms with E-state index in [4.69, 9.17) is 4.74 Å². The average Bonchev–Trinajstić information content (AvgIpc) is 2.74. The molecule has 0 aliphatic heterocycles. The van der Waals surface area contributed by atoms with Gasteiger partial charge in [-0.05, 0) is 51.3 Å². The number of aliphatic hydroxyl groups excluding tert-OH is 1. The van der Waals surface area contributed by atoms with Crippen molar-refractivity contribution in [2.45, 2.75) is 78.0 Å². The van der Waals surface area contributed by atoms with Crippen molar-refractivity contribution in [2.24, 2.45) is 0 Å². The number of carbonyl (C=O) groups is 3. The number of hydrogen-bond donors (Lipinski definition) is 4. The number of aliphatic hydroxyl groups is 1. The van der Waals surface area contributed by atoms with Crippen LogP contribution in [-0.4, -0.2) is 64.4 Å². The Kier molecular flexibility index (Phi) is 11.7. The quantitative estimate of drug-likeness (QED) is 0.352. The van der Waals surface area contributed by atoms with Crippen LogP contribution in [0.25, 0.3) is 0 Å². The molecule has 1 aromatic carbocycles. The molecule has 0 aliphatic rings. The molecule has 9 heteroatoms. The number of phenols is 1. The highest BCUT2D eigenvalue weighted by molar-refractivity contribution is 5.92. The lowest BCUT2D eigenvalue weighted by Crippen LogP contribution is -2.54. The number of rotatable bonds is 12. The summed E-state index contributed by atoms with van der Waals surface area (Å²) in [7, 11) is 0. The summed E-state index contributed by atoms with van der Waals surface area (Å²) in [5.74, 6) is -0.936. The third-order valence-electron chi connectivity index (χ3n) is 4.77. The highest BCUT2D eigenvalue weighted by atomic mass is 16.6. The summed E-state index contributed by atoms with van der Waals surface area (Å²) in [6.07, 6.45) is 2.50. The van der Waals surface area contributed by atoms with E-state index in [9.17, 15) is 24.6 Å². The Balaban J connectivity index is 3.21. The number of unbranched alkanes of at least 4 members (excludes halogenated alkanes) is 2. The molecule has 1 rings (SSSR count). The van der Waals surface area contributed by atoms with Crippen LogP contribution in [0.5, 0.6) is 5.75 Å². The molecule has 0 spiro atoms. The summed E-state index contributed by atoms with van der Waals surface area (Å²) < 4.78 is 5.20. The number of hydrogen-bond acceptors (Lipinski definition) is 6. The van der Waals surface area contributed by atoms with E-state index >= 15 is 0 Å². The van der Waals surface area contributed by atoms with Gasteiger partial charge in [-0.15, -0.1) is 0 Å². The molecule has 0 aliphatic carbocycles. The zero-order valence-corrected chi connectivity index (χ0v) is 20.4. The van der Waals surface area contributed by atoms with Gasteiger partial charge < -0.3 is 30.5 Å². The van der Waals surface area contributed by atoms with Crippen LogP contribution in [0.2, 0.25) is 0 Å². The molecule has 0 heterocycles. The average molecular weight is 466 g/mol. The fourth-order valence-corrected chi connectivity index (χ4v) is 3.26. The van der Waals surface area contributed by atoms with E-state index in [1.807, 2.05) is 6.92 Å². The van der Waals surface area contributed by atoms with E-state index in [-0.39, 0.29) is 18.2 Å². The monoisotopic (exact) mass is 465 g/mol. The van der Waals surface area contributed by atoms with E-state index in [0.29, 0.717) is 18.5 Å². The molecule has 0 saturated carbocycles. The van der Waals surface area contributed by atoms with Crippen LogP contribution in [-0.2, 0) is 14.3 Å². The van der Waals surface area contributed by atoms with Crippen molar-refractivity contribution in [3.8, 4) is 5.75 Å². The Labute approximate surface area is 196 Å². The smallest absolute Gasteiger partial charge is 0.408 e.